The summed E-state index contributed by atoms with van der Waals surface area (Å²) in [6.45, 7) is 4.67. The topological polar surface area (TPSA) is 0 Å². The predicted molar refractivity (Wildman–Crippen MR) is 122 cm³/mol. The highest BCUT2D eigenvalue weighted by Gasteiger charge is 2.31. The highest BCUT2D eigenvalue weighted by molar-refractivity contribution is 7.11. The van der Waals surface area contributed by atoms with Gasteiger partial charge in [0.1, 0.15) is 0 Å². The molecule has 1 unspecified atom stereocenters. The number of benzene rings is 3. The maximum atomic E-state index is 2.36. The van der Waals surface area contributed by atoms with Crippen molar-refractivity contribution < 1.29 is 0 Å². The summed E-state index contributed by atoms with van der Waals surface area (Å²) < 4.78 is 0. The van der Waals surface area contributed by atoms with E-state index < -0.39 is 6.15 Å². The van der Waals surface area contributed by atoms with Crippen LogP contribution in [0.15, 0.2) is 91.0 Å². The molecule has 140 valence electrons. The summed E-state index contributed by atoms with van der Waals surface area (Å²) in [6, 6.07) is 33.6. The molecule has 0 fully saturated rings. The van der Waals surface area contributed by atoms with Gasteiger partial charge in [0.15, 0.2) is 0 Å². The van der Waals surface area contributed by atoms with Crippen molar-refractivity contribution in [1.29, 1.82) is 0 Å². The molecule has 0 heterocycles. The van der Waals surface area contributed by atoms with Gasteiger partial charge in [-0.1, -0.05) is 136 Å². The monoisotopic (exact) mass is 355 g/mol. The first kappa shape index (κ1) is 19.5. The highest BCUT2D eigenvalue weighted by atomic mass is 14.2. The van der Waals surface area contributed by atoms with Crippen molar-refractivity contribution in [1.82, 2.24) is 0 Å². The summed E-state index contributed by atoms with van der Waals surface area (Å²) in [5.41, 5.74) is 4.39. The summed E-state index contributed by atoms with van der Waals surface area (Å²) in [5, 5.41) is 0. The first-order valence-electron chi connectivity index (χ1n) is 10.6. The van der Waals surface area contributed by atoms with Crippen LogP contribution in [-0.4, -0.2) is 6.15 Å². The minimum Gasteiger partial charge on any atom is -0.200 e. The van der Waals surface area contributed by atoms with Crippen molar-refractivity contribution in [3.05, 3.63) is 91.0 Å². The van der Waals surface area contributed by atoms with E-state index in [0.29, 0.717) is 0 Å². The minimum absolute atomic E-state index is 0.741. The molecule has 0 aromatic heterocycles. The third-order valence-electron chi connectivity index (χ3n) is 6.34. The van der Waals surface area contributed by atoms with Gasteiger partial charge in [-0.2, -0.15) is 22.7 Å². The van der Waals surface area contributed by atoms with Gasteiger partial charge in [-0.3, -0.25) is 0 Å². The van der Waals surface area contributed by atoms with Gasteiger partial charge < -0.3 is 0 Å². The fourth-order valence-electron chi connectivity index (χ4n) is 4.81. The van der Waals surface area contributed by atoms with Crippen LogP contribution in [0.3, 0.4) is 0 Å². The number of unbranched alkanes of at least 4 members (excludes halogenated alkanes) is 1. The third kappa shape index (κ3) is 4.35. The Balaban J connectivity index is 2.19. The Morgan fingerprint density at radius 1 is 0.630 bits per heavy atom. The van der Waals surface area contributed by atoms with Crippen LogP contribution in [0.25, 0.3) is 0 Å². The lowest BCUT2D eigenvalue weighted by molar-refractivity contribution is 0.488. The van der Waals surface area contributed by atoms with Gasteiger partial charge in [-0.15, -0.1) is 0 Å². The molecule has 0 bridgehead atoms. The Hall–Kier alpha value is -2.28. The Morgan fingerprint density at radius 2 is 1.04 bits per heavy atom. The standard InChI is InChI=1S/C26H32B/c1-3-5-15-23(4-2)22-27(24-16-9-6-10-17-24,25-18-11-7-12-19-25)26-20-13-8-14-21-26/h6-14,16-21,23H,3-5,15,22H2,1-2H3/q-1. The van der Waals surface area contributed by atoms with E-state index in [0.717, 1.165) is 5.92 Å². The highest BCUT2D eigenvalue weighted by Crippen LogP contribution is 2.25. The summed E-state index contributed by atoms with van der Waals surface area (Å²) in [5.74, 6) is 0.741. The van der Waals surface area contributed by atoms with Crippen LogP contribution in [0.1, 0.15) is 39.5 Å². The van der Waals surface area contributed by atoms with Crippen molar-refractivity contribution in [2.75, 3.05) is 0 Å². The average Bonchev–Trinajstić information content (AvgIpc) is 2.76. The van der Waals surface area contributed by atoms with Gasteiger partial charge >= 0.3 is 0 Å². The lowest BCUT2D eigenvalue weighted by atomic mass is 9.13. The van der Waals surface area contributed by atoms with Crippen LogP contribution in [0.4, 0.5) is 0 Å². The van der Waals surface area contributed by atoms with E-state index in [1.807, 2.05) is 0 Å². The van der Waals surface area contributed by atoms with Crippen molar-refractivity contribution in [3.8, 4) is 0 Å². The second kappa shape index (κ2) is 9.60. The van der Waals surface area contributed by atoms with E-state index in [-0.39, 0.29) is 0 Å². The second-order valence-electron chi connectivity index (χ2n) is 7.93. The van der Waals surface area contributed by atoms with Gasteiger partial charge in [-0.05, 0) is 0 Å². The Labute approximate surface area is 165 Å². The zero-order valence-corrected chi connectivity index (χ0v) is 16.9. The summed E-state index contributed by atoms with van der Waals surface area (Å²) in [4.78, 5) is 0. The second-order valence-corrected chi connectivity index (χ2v) is 7.93. The first-order valence-corrected chi connectivity index (χ1v) is 10.6. The molecule has 27 heavy (non-hydrogen) atoms. The zero-order valence-electron chi connectivity index (χ0n) is 16.9. The Morgan fingerprint density at radius 3 is 1.37 bits per heavy atom. The molecule has 0 amide bonds. The molecule has 0 aliphatic carbocycles. The SMILES string of the molecule is CCCCC(CC)C[B-](c1ccccc1)(c1ccccc1)c1ccccc1. The van der Waals surface area contributed by atoms with Crippen LogP contribution >= 0.6 is 0 Å². The van der Waals surface area contributed by atoms with E-state index in [2.05, 4.69) is 105 Å². The first-order chi connectivity index (χ1) is 13.3. The molecule has 0 radical (unpaired) electrons. The van der Waals surface area contributed by atoms with Crippen LogP contribution in [0.5, 0.6) is 0 Å². The molecule has 1 atom stereocenters. The molecule has 0 N–H and O–H groups in total. The summed E-state index contributed by atoms with van der Waals surface area (Å²) in [7, 11) is 0. The molecule has 3 aromatic carbocycles. The molecule has 0 saturated heterocycles. The summed E-state index contributed by atoms with van der Waals surface area (Å²) >= 11 is 0. The molecule has 0 spiro atoms. The van der Waals surface area contributed by atoms with E-state index >= 15 is 0 Å². The van der Waals surface area contributed by atoms with Crippen molar-refractivity contribution >= 4 is 22.5 Å². The van der Waals surface area contributed by atoms with E-state index in [9.17, 15) is 0 Å². The normalized spacial score (nSPS) is 12.7. The lowest BCUT2D eigenvalue weighted by Crippen LogP contribution is -2.67. The summed E-state index contributed by atoms with van der Waals surface area (Å²) in [6.07, 6.45) is 5.40. The van der Waals surface area contributed by atoms with Gasteiger partial charge in [0, 0.05) is 0 Å². The Kier molecular flexibility index (Phi) is 6.93. The smallest absolute Gasteiger partial charge is 0.0817 e. The number of rotatable bonds is 9. The van der Waals surface area contributed by atoms with Crippen molar-refractivity contribution in [2.24, 2.45) is 5.92 Å². The maximum absolute atomic E-state index is 2.36. The maximum Gasteiger partial charge on any atom is 0.0817 e. The molecule has 3 aromatic rings. The molecular weight excluding hydrogens is 323 g/mol. The molecule has 1 heteroatoms. The van der Waals surface area contributed by atoms with Crippen LogP contribution in [-0.2, 0) is 0 Å². The van der Waals surface area contributed by atoms with Crippen LogP contribution in [0, 0.1) is 5.92 Å². The average molecular weight is 355 g/mol. The van der Waals surface area contributed by atoms with Crippen molar-refractivity contribution in [3.63, 3.8) is 0 Å². The minimum atomic E-state index is -0.981. The van der Waals surface area contributed by atoms with Gasteiger partial charge in [0.05, 0.1) is 6.15 Å². The fraction of sp³-hybridized carbons (Fsp3) is 0.308. The van der Waals surface area contributed by atoms with E-state index in [1.54, 1.807) is 0 Å². The Bertz CT molecular complexity index is 684. The predicted octanol–water partition coefficient (Wildman–Crippen LogP) is 5.37. The molecule has 3 rings (SSSR count). The molecule has 0 nitrogen and oxygen atoms in total. The number of hydrogen-bond acceptors (Lipinski definition) is 0. The van der Waals surface area contributed by atoms with Crippen LogP contribution < -0.4 is 16.4 Å². The lowest BCUT2D eigenvalue weighted by Gasteiger charge is -2.45. The molecular formula is C26H32B-. The molecule has 0 saturated carbocycles. The third-order valence-corrected chi connectivity index (χ3v) is 6.34. The molecule has 0 aliphatic rings. The van der Waals surface area contributed by atoms with Crippen molar-refractivity contribution in [2.45, 2.75) is 45.9 Å². The largest absolute Gasteiger partial charge is 0.200 e. The molecule has 0 aliphatic heterocycles. The van der Waals surface area contributed by atoms with Gasteiger partial charge in [-0.25, -0.2) is 0 Å². The fourth-order valence-corrected chi connectivity index (χ4v) is 4.81. The zero-order chi connectivity index (χ0) is 19.0. The van der Waals surface area contributed by atoms with E-state index in [4.69, 9.17) is 0 Å². The number of hydrogen-bond donors (Lipinski definition) is 0. The van der Waals surface area contributed by atoms with Crippen LogP contribution in [0.2, 0.25) is 6.32 Å². The van der Waals surface area contributed by atoms with E-state index in [1.165, 1.54) is 48.4 Å². The van der Waals surface area contributed by atoms with Gasteiger partial charge in [0.2, 0.25) is 0 Å². The quantitative estimate of drug-likeness (QED) is 0.453. The van der Waals surface area contributed by atoms with Gasteiger partial charge in [0.25, 0.3) is 0 Å².